The fourth-order valence-electron chi connectivity index (χ4n) is 4.59. The molecule has 1 saturated heterocycles. The maximum absolute atomic E-state index is 6.22. The second-order valence-corrected chi connectivity index (χ2v) is 7.48. The van der Waals surface area contributed by atoms with Crippen molar-refractivity contribution in [2.45, 2.75) is 75.6 Å². The molecule has 0 N–H and O–H groups in total. The smallest absolute Gasteiger partial charge is 0.0336 e. The largest absolute Gasteiger partial charge is 0.300 e. The molecule has 104 valence electrons. The molecule has 1 nitrogen and oxygen atoms in total. The van der Waals surface area contributed by atoms with Crippen LogP contribution in [0.15, 0.2) is 0 Å². The molecule has 2 atom stereocenters. The normalized spacial score (nSPS) is 42.5. The zero-order valence-corrected chi connectivity index (χ0v) is 12.4. The van der Waals surface area contributed by atoms with E-state index in [0.29, 0.717) is 5.38 Å². The quantitative estimate of drug-likeness (QED) is 0.670. The van der Waals surface area contributed by atoms with Crippen molar-refractivity contribution in [3.63, 3.8) is 0 Å². The van der Waals surface area contributed by atoms with Gasteiger partial charge in [0, 0.05) is 18.0 Å². The first-order chi connectivity index (χ1) is 8.83. The Morgan fingerprint density at radius 1 is 0.833 bits per heavy atom. The summed E-state index contributed by atoms with van der Waals surface area (Å²) in [7, 11) is 0. The van der Waals surface area contributed by atoms with Crippen LogP contribution in [0, 0.1) is 11.8 Å². The third kappa shape index (κ3) is 3.04. The van der Waals surface area contributed by atoms with Crippen molar-refractivity contribution in [1.82, 2.24) is 4.90 Å². The van der Waals surface area contributed by atoms with Gasteiger partial charge in [-0.2, -0.15) is 0 Å². The molecule has 0 aromatic rings. The molecule has 18 heavy (non-hydrogen) atoms. The molecule has 0 aromatic carbocycles. The molecule has 2 unspecified atom stereocenters. The summed E-state index contributed by atoms with van der Waals surface area (Å²) in [4.78, 5) is 2.87. The highest BCUT2D eigenvalue weighted by atomic mass is 35.5. The van der Waals surface area contributed by atoms with Gasteiger partial charge in [-0.1, -0.05) is 12.8 Å². The van der Waals surface area contributed by atoms with Crippen molar-refractivity contribution in [2.75, 3.05) is 13.1 Å². The first-order valence-corrected chi connectivity index (χ1v) is 8.64. The zero-order valence-electron chi connectivity index (χ0n) is 11.6. The van der Waals surface area contributed by atoms with Crippen molar-refractivity contribution in [3.8, 4) is 0 Å². The van der Waals surface area contributed by atoms with E-state index in [4.69, 9.17) is 11.6 Å². The fraction of sp³-hybridized carbons (Fsp3) is 1.00. The average Bonchev–Trinajstić information content (AvgIpc) is 2.42. The highest BCUT2D eigenvalue weighted by Gasteiger charge is 2.34. The Morgan fingerprint density at radius 3 is 2.39 bits per heavy atom. The van der Waals surface area contributed by atoms with Gasteiger partial charge in [-0.3, -0.25) is 4.90 Å². The third-order valence-corrected chi connectivity index (χ3v) is 6.06. The number of fused-ring (bicyclic) bond motifs is 1. The predicted molar refractivity (Wildman–Crippen MR) is 78.2 cm³/mol. The minimum atomic E-state index is 0.477. The number of piperidine rings is 1. The number of hydrogen-bond donors (Lipinski definition) is 0. The number of nitrogens with zero attached hydrogens (tertiary/aromatic N) is 1. The Balaban J connectivity index is 1.54. The van der Waals surface area contributed by atoms with Crippen LogP contribution >= 0.6 is 11.6 Å². The summed E-state index contributed by atoms with van der Waals surface area (Å²) in [5.41, 5.74) is 0. The van der Waals surface area contributed by atoms with E-state index >= 15 is 0 Å². The number of hydrogen-bond acceptors (Lipinski definition) is 1. The van der Waals surface area contributed by atoms with Crippen molar-refractivity contribution < 1.29 is 0 Å². The van der Waals surface area contributed by atoms with E-state index in [1.54, 1.807) is 0 Å². The second-order valence-electron chi connectivity index (χ2n) is 6.87. The molecule has 0 bridgehead atoms. The Hall–Kier alpha value is 0.250. The molecular weight excluding hydrogens is 242 g/mol. The maximum atomic E-state index is 6.22. The SMILES string of the molecule is ClC1CCC(CN2CCCC3CCCCC32)CC1. The molecule has 0 spiro atoms. The molecule has 3 fully saturated rings. The van der Waals surface area contributed by atoms with Crippen molar-refractivity contribution in [3.05, 3.63) is 0 Å². The minimum absolute atomic E-state index is 0.477. The number of halogens is 1. The minimum Gasteiger partial charge on any atom is -0.300 e. The lowest BCUT2D eigenvalue weighted by Gasteiger charge is -2.46. The summed E-state index contributed by atoms with van der Waals surface area (Å²) in [5.74, 6) is 1.98. The van der Waals surface area contributed by atoms with Gasteiger partial charge < -0.3 is 0 Å². The van der Waals surface area contributed by atoms with Crippen LogP contribution in [0.5, 0.6) is 0 Å². The van der Waals surface area contributed by atoms with Gasteiger partial charge >= 0.3 is 0 Å². The van der Waals surface area contributed by atoms with Crippen LogP contribution in [-0.2, 0) is 0 Å². The van der Waals surface area contributed by atoms with Gasteiger partial charge in [0.15, 0.2) is 0 Å². The van der Waals surface area contributed by atoms with Gasteiger partial charge in [0.05, 0.1) is 0 Å². The zero-order chi connectivity index (χ0) is 12.4. The molecule has 1 heterocycles. The van der Waals surface area contributed by atoms with Gasteiger partial charge in [0.1, 0.15) is 0 Å². The lowest BCUT2D eigenvalue weighted by molar-refractivity contribution is 0.0430. The van der Waals surface area contributed by atoms with Crippen LogP contribution in [0.25, 0.3) is 0 Å². The molecule has 3 aliphatic rings. The van der Waals surface area contributed by atoms with Crippen LogP contribution in [-0.4, -0.2) is 29.4 Å². The number of likely N-dealkylation sites (tertiary alicyclic amines) is 1. The van der Waals surface area contributed by atoms with Gasteiger partial charge in [-0.25, -0.2) is 0 Å². The monoisotopic (exact) mass is 269 g/mol. The summed E-state index contributed by atoms with van der Waals surface area (Å²) >= 11 is 6.22. The molecule has 2 heteroatoms. The van der Waals surface area contributed by atoms with E-state index in [0.717, 1.165) is 17.9 Å². The summed E-state index contributed by atoms with van der Waals surface area (Å²) in [6.07, 6.45) is 14.2. The van der Waals surface area contributed by atoms with Crippen LogP contribution in [0.2, 0.25) is 0 Å². The molecule has 3 rings (SSSR count). The number of alkyl halides is 1. The van der Waals surface area contributed by atoms with Gasteiger partial charge in [0.2, 0.25) is 0 Å². The van der Waals surface area contributed by atoms with Gasteiger partial charge in [-0.05, 0) is 69.7 Å². The van der Waals surface area contributed by atoms with E-state index in [1.807, 2.05) is 0 Å². The Bertz CT molecular complexity index is 258. The molecule has 0 radical (unpaired) electrons. The molecular formula is C16H28ClN. The van der Waals surface area contributed by atoms with Crippen molar-refractivity contribution in [2.24, 2.45) is 11.8 Å². The van der Waals surface area contributed by atoms with E-state index < -0.39 is 0 Å². The topological polar surface area (TPSA) is 3.24 Å². The van der Waals surface area contributed by atoms with Crippen LogP contribution in [0.3, 0.4) is 0 Å². The molecule has 0 aromatic heterocycles. The van der Waals surface area contributed by atoms with Crippen LogP contribution < -0.4 is 0 Å². The first kappa shape index (κ1) is 13.2. The Labute approximate surface area is 117 Å². The lowest BCUT2D eigenvalue weighted by Crippen LogP contribution is -2.48. The van der Waals surface area contributed by atoms with E-state index in [2.05, 4.69) is 4.90 Å². The Morgan fingerprint density at radius 2 is 1.56 bits per heavy atom. The highest BCUT2D eigenvalue weighted by molar-refractivity contribution is 6.20. The maximum Gasteiger partial charge on any atom is 0.0336 e. The first-order valence-electron chi connectivity index (χ1n) is 8.21. The van der Waals surface area contributed by atoms with E-state index in [9.17, 15) is 0 Å². The lowest BCUT2D eigenvalue weighted by atomic mass is 9.77. The summed E-state index contributed by atoms with van der Waals surface area (Å²) < 4.78 is 0. The molecule has 2 saturated carbocycles. The van der Waals surface area contributed by atoms with E-state index in [-0.39, 0.29) is 0 Å². The number of rotatable bonds is 2. The summed E-state index contributed by atoms with van der Waals surface area (Å²) in [5, 5.41) is 0.477. The second kappa shape index (κ2) is 6.13. The van der Waals surface area contributed by atoms with Crippen LogP contribution in [0.1, 0.15) is 64.2 Å². The van der Waals surface area contributed by atoms with Crippen molar-refractivity contribution >= 4 is 11.6 Å². The van der Waals surface area contributed by atoms with Gasteiger partial charge in [0.25, 0.3) is 0 Å². The summed E-state index contributed by atoms with van der Waals surface area (Å²) in [6, 6.07) is 0.946. The fourth-order valence-corrected chi connectivity index (χ4v) is 4.84. The molecule has 0 amide bonds. The van der Waals surface area contributed by atoms with Gasteiger partial charge in [-0.15, -0.1) is 11.6 Å². The highest BCUT2D eigenvalue weighted by Crippen LogP contribution is 2.37. The standard InChI is InChI=1S/C16H28ClN/c17-15-9-7-13(8-10-15)12-18-11-3-5-14-4-1-2-6-16(14)18/h13-16H,1-12H2. The van der Waals surface area contributed by atoms with Crippen molar-refractivity contribution in [1.29, 1.82) is 0 Å². The molecule has 2 aliphatic carbocycles. The van der Waals surface area contributed by atoms with Crippen LogP contribution in [0.4, 0.5) is 0 Å². The average molecular weight is 270 g/mol. The molecule has 1 aliphatic heterocycles. The third-order valence-electron chi connectivity index (χ3n) is 5.63. The summed E-state index contributed by atoms with van der Waals surface area (Å²) in [6.45, 7) is 2.76. The Kier molecular flexibility index (Phi) is 4.51. The predicted octanol–water partition coefficient (Wildman–Crippen LogP) is 4.44. The van der Waals surface area contributed by atoms with E-state index in [1.165, 1.54) is 77.3 Å².